The molecule has 0 aromatic carbocycles. The second-order valence-corrected chi connectivity index (χ2v) is 5.25. The Labute approximate surface area is 104 Å². The van der Waals surface area contributed by atoms with Crippen LogP contribution in [0, 0.1) is 5.92 Å². The van der Waals surface area contributed by atoms with Gasteiger partial charge in [-0.2, -0.15) is 0 Å². The molecule has 2 fully saturated rings. The van der Waals surface area contributed by atoms with E-state index in [1.165, 1.54) is 0 Å². The number of amides is 1. The topological polar surface area (TPSA) is 41.6 Å². The van der Waals surface area contributed by atoms with Crippen molar-refractivity contribution in [3.8, 4) is 0 Å². The lowest BCUT2D eigenvalue weighted by molar-refractivity contribution is -0.139. The summed E-state index contributed by atoms with van der Waals surface area (Å²) in [5, 5.41) is 3.40. The van der Waals surface area contributed by atoms with Crippen molar-refractivity contribution in [2.24, 2.45) is 5.92 Å². The van der Waals surface area contributed by atoms with Crippen LogP contribution in [0.25, 0.3) is 0 Å². The first-order valence-corrected chi connectivity index (χ1v) is 6.77. The number of carbonyl (C=O) groups excluding carboxylic acids is 1. The second kappa shape index (κ2) is 5.83. The van der Waals surface area contributed by atoms with Gasteiger partial charge in [0.15, 0.2) is 0 Å². The second-order valence-electron chi connectivity index (χ2n) is 5.25. The zero-order valence-corrected chi connectivity index (χ0v) is 10.9. The summed E-state index contributed by atoms with van der Waals surface area (Å²) in [6.07, 6.45) is 4.47. The molecule has 2 heterocycles. The maximum absolute atomic E-state index is 12.4. The molecule has 0 radical (unpaired) electrons. The summed E-state index contributed by atoms with van der Waals surface area (Å²) in [5.41, 5.74) is 0. The van der Waals surface area contributed by atoms with Gasteiger partial charge in [0.1, 0.15) is 0 Å². The number of methoxy groups -OCH3 is 1. The van der Waals surface area contributed by atoms with E-state index in [1.54, 1.807) is 7.11 Å². The molecule has 1 amide bonds. The molecule has 2 aliphatic heterocycles. The third-order valence-electron chi connectivity index (χ3n) is 4.17. The predicted octanol–water partition coefficient (Wildman–Crippen LogP) is 1.01. The normalized spacial score (nSPS) is 31.5. The molecule has 17 heavy (non-hydrogen) atoms. The van der Waals surface area contributed by atoms with E-state index in [9.17, 15) is 4.79 Å². The largest absolute Gasteiger partial charge is 0.381 e. The quantitative estimate of drug-likeness (QED) is 0.783. The molecule has 4 heteroatoms. The number of ether oxygens (including phenoxy) is 1. The number of hydrogen-bond acceptors (Lipinski definition) is 3. The van der Waals surface area contributed by atoms with Crippen LogP contribution < -0.4 is 5.32 Å². The Bertz CT molecular complexity index is 262. The molecule has 98 valence electrons. The standard InChI is InChI=1S/C13H24N2O2/c1-10-12(4-3-7-14-10)13(16)15-8-5-11(17-2)6-9-15/h10-12,14H,3-9H2,1-2H3. The molecule has 0 saturated carbocycles. The van der Waals surface area contributed by atoms with Gasteiger partial charge in [0.05, 0.1) is 12.0 Å². The van der Waals surface area contributed by atoms with E-state index in [2.05, 4.69) is 12.2 Å². The van der Waals surface area contributed by atoms with Crippen molar-refractivity contribution >= 4 is 5.91 Å². The van der Waals surface area contributed by atoms with Gasteiger partial charge < -0.3 is 15.0 Å². The van der Waals surface area contributed by atoms with E-state index >= 15 is 0 Å². The highest BCUT2D eigenvalue weighted by Gasteiger charge is 2.32. The minimum atomic E-state index is 0.183. The Balaban J connectivity index is 1.87. The van der Waals surface area contributed by atoms with Gasteiger partial charge in [0, 0.05) is 26.2 Å². The Kier molecular flexibility index (Phi) is 4.40. The average molecular weight is 240 g/mol. The number of carbonyl (C=O) groups is 1. The highest BCUT2D eigenvalue weighted by Crippen LogP contribution is 2.22. The number of likely N-dealkylation sites (tertiary alicyclic amines) is 1. The lowest BCUT2D eigenvalue weighted by atomic mass is 9.90. The number of piperidine rings is 2. The van der Waals surface area contributed by atoms with Crippen molar-refractivity contribution in [3.05, 3.63) is 0 Å². The molecule has 2 saturated heterocycles. The van der Waals surface area contributed by atoms with Crippen molar-refractivity contribution < 1.29 is 9.53 Å². The maximum Gasteiger partial charge on any atom is 0.227 e. The number of rotatable bonds is 2. The van der Waals surface area contributed by atoms with Gasteiger partial charge in [-0.15, -0.1) is 0 Å². The van der Waals surface area contributed by atoms with Gasteiger partial charge in [-0.3, -0.25) is 4.79 Å². The van der Waals surface area contributed by atoms with Crippen molar-refractivity contribution in [2.75, 3.05) is 26.7 Å². The van der Waals surface area contributed by atoms with Crippen molar-refractivity contribution in [3.63, 3.8) is 0 Å². The first-order chi connectivity index (χ1) is 8.22. The minimum Gasteiger partial charge on any atom is -0.381 e. The Morgan fingerprint density at radius 3 is 2.59 bits per heavy atom. The molecule has 2 rings (SSSR count). The van der Waals surface area contributed by atoms with Gasteiger partial charge in [0.25, 0.3) is 0 Å². The van der Waals surface area contributed by atoms with Crippen LogP contribution in [0.3, 0.4) is 0 Å². The molecule has 0 spiro atoms. The van der Waals surface area contributed by atoms with Crippen LogP contribution in [0.1, 0.15) is 32.6 Å². The Hall–Kier alpha value is -0.610. The van der Waals surface area contributed by atoms with E-state index in [4.69, 9.17) is 4.74 Å². The van der Waals surface area contributed by atoms with Crippen LogP contribution >= 0.6 is 0 Å². The zero-order chi connectivity index (χ0) is 12.3. The fraction of sp³-hybridized carbons (Fsp3) is 0.923. The molecule has 1 N–H and O–H groups in total. The highest BCUT2D eigenvalue weighted by molar-refractivity contribution is 5.79. The van der Waals surface area contributed by atoms with E-state index in [-0.39, 0.29) is 5.92 Å². The first kappa shape index (κ1) is 12.8. The summed E-state index contributed by atoms with van der Waals surface area (Å²) in [6.45, 7) is 4.90. The number of nitrogens with one attached hydrogen (secondary N) is 1. The van der Waals surface area contributed by atoms with Crippen molar-refractivity contribution in [2.45, 2.75) is 44.8 Å². The van der Waals surface area contributed by atoms with E-state index in [0.717, 1.165) is 45.3 Å². The summed E-state index contributed by atoms with van der Waals surface area (Å²) >= 11 is 0. The molecule has 4 nitrogen and oxygen atoms in total. The summed E-state index contributed by atoms with van der Waals surface area (Å²) in [6, 6.07) is 0.330. The fourth-order valence-electron chi connectivity index (χ4n) is 2.93. The van der Waals surface area contributed by atoms with Gasteiger partial charge >= 0.3 is 0 Å². The number of nitrogens with zero attached hydrogens (tertiary/aromatic N) is 1. The fourth-order valence-corrected chi connectivity index (χ4v) is 2.93. The van der Waals surface area contributed by atoms with Crippen LogP contribution in [0.2, 0.25) is 0 Å². The minimum absolute atomic E-state index is 0.183. The molecular weight excluding hydrogens is 216 g/mol. The molecule has 0 bridgehead atoms. The van der Waals surface area contributed by atoms with E-state index in [0.29, 0.717) is 18.1 Å². The Morgan fingerprint density at radius 2 is 2.00 bits per heavy atom. The van der Waals surface area contributed by atoms with E-state index in [1.807, 2.05) is 4.90 Å². The van der Waals surface area contributed by atoms with E-state index < -0.39 is 0 Å². The lowest BCUT2D eigenvalue weighted by Gasteiger charge is -2.37. The van der Waals surface area contributed by atoms with Gasteiger partial charge in [-0.25, -0.2) is 0 Å². The summed E-state index contributed by atoms with van der Waals surface area (Å²) in [4.78, 5) is 14.4. The highest BCUT2D eigenvalue weighted by atomic mass is 16.5. The maximum atomic E-state index is 12.4. The monoisotopic (exact) mass is 240 g/mol. The molecule has 2 unspecified atom stereocenters. The van der Waals surface area contributed by atoms with Crippen molar-refractivity contribution in [1.29, 1.82) is 0 Å². The SMILES string of the molecule is COC1CCN(C(=O)C2CCCNC2C)CC1. The van der Waals surface area contributed by atoms with Crippen LogP contribution in [-0.4, -0.2) is 49.7 Å². The summed E-state index contributed by atoms with van der Waals surface area (Å²) in [5.74, 6) is 0.530. The zero-order valence-electron chi connectivity index (χ0n) is 10.9. The summed E-state index contributed by atoms with van der Waals surface area (Å²) in [7, 11) is 1.76. The molecule has 0 aromatic heterocycles. The van der Waals surface area contributed by atoms with Gasteiger partial charge in [0.2, 0.25) is 5.91 Å². The predicted molar refractivity (Wildman–Crippen MR) is 66.8 cm³/mol. The van der Waals surface area contributed by atoms with Crippen LogP contribution in [0.5, 0.6) is 0 Å². The van der Waals surface area contributed by atoms with Gasteiger partial charge in [-0.1, -0.05) is 0 Å². The molecular formula is C13H24N2O2. The summed E-state index contributed by atoms with van der Waals surface area (Å²) < 4.78 is 5.34. The van der Waals surface area contributed by atoms with Crippen LogP contribution in [-0.2, 0) is 9.53 Å². The Morgan fingerprint density at radius 1 is 1.29 bits per heavy atom. The van der Waals surface area contributed by atoms with Gasteiger partial charge in [-0.05, 0) is 39.2 Å². The van der Waals surface area contributed by atoms with Crippen molar-refractivity contribution in [1.82, 2.24) is 10.2 Å². The smallest absolute Gasteiger partial charge is 0.227 e. The first-order valence-electron chi connectivity index (χ1n) is 6.77. The molecule has 2 atom stereocenters. The molecule has 2 aliphatic rings. The third-order valence-corrected chi connectivity index (χ3v) is 4.17. The molecule has 0 aliphatic carbocycles. The van der Waals surface area contributed by atoms with Crippen LogP contribution in [0.15, 0.2) is 0 Å². The van der Waals surface area contributed by atoms with Crippen LogP contribution in [0.4, 0.5) is 0 Å². The average Bonchev–Trinajstić information content (AvgIpc) is 2.39. The lowest BCUT2D eigenvalue weighted by Crippen LogP contribution is -2.50. The molecule has 0 aromatic rings. The third kappa shape index (κ3) is 2.99. The number of hydrogen-bond donors (Lipinski definition) is 1.